The predicted octanol–water partition coefficient (Wildman–Crippen LogP) is 2.49. The van der Waals surface area contributed by atoms with Crippen molar-refractivity contribution in [2.45, 2.75) is 38.0 Å². The van der Waals surface area contributed by atoms with Crippen molar-refractivity contribution in [3.05, 3.63) is 75.8 Å². The number of aryl methyl sites for hydroxylation is 1. The zero-order valence-corrected chi connectivity index (χ0v) is 28.4. The van der Waals surface area contributed by atoms with Gasteiger partial charge in [0.2, 0.25) is 11.8 Å². The summed E-state index contributed by atoms with van der Waals surface area (Å²) in [6, 6.07) is 9.63. The molecule has 51 heavy (non-hydrogen) atoms. The number of carbonyl (C=O) groups is 4. The average molecular weight is 693 g/mol. The maximum Gasteiger partial charge on any atom is 0.262 e. The fourth-order valence-electron chi connectivity index (χ4n) is 7.26. The smallest absolute Gasteiger partial charge is 0.262 e. The van der Waals surface area contributed by atoms with E-state index in [0.29, 0.717) is 42.3 Å². The Labute approximate surface area is 292 Å². The Morgan fingerprint density at radius 3 is 2.27 bits per heavy atom. The first-order valence-corrected chi connectivity index (χ1v) is 16.9. The molecule has 2 aromatic heterocycles. The Morgan fingerprint density at radius 1 is 0.882 bits per heavy atom. The summed E-state index contributed by atoms with van der Waals surface area (Å²) in [6.07, 6.45) is 4.61. The maximum atomic E-state index is 13.2. The number of rotatable bonds is 9. The van der Waals surface area contributed by atoms with Gasteiger partial charge in [0.05, 0.1) is 36.3 Å². The summed E-state index contributed by atoms with van der Waals surface area (Å²) in [5.41, 5.74) is 2.84. The molecule has 1 atom stereocenters. The molecule has 262 valence electrons. The second-order valence-electron chi connectivity index (χ2n) is 13.3. The number of anilines is 1. The summed E-state index contributed by atoms with van der Waals surface area (Å²) in [4.78, 5) is 73.2. The van der Waals surface area contributed by atoms with Crippen LogP contribution in [-0.4, -0.2) is 95.5 Å². The summed E-state index contributed by atoms with van der Waals surface area (Å²) < 4.78 is 19.5. The highest BCUT2D eigenvalue weighted by Crippen LogP contribution is 2.39. The van der Waals surface area contributed by atoms with Gasteiger partial charge in [-0.1, -0.05) is 0 Å². The lowest BCUT2D eigenvalue weighted by Crippen LogP contribution is -2.54. The molecule has 0 saturated carbocycles. The Morgan fingerprint density at radius 2 is 1.61 bits per heavy atom. The third kappa shape index (κ3) is 5.55. The van der Waals surface area contributed by atoms with E-state index in [-0.39, 0.29) is 35.6 Å². The van der Waals surface area contributed by atoms with E-state index in [0.717, 1.165) is 52.3 Å². The quantitative estimate of drug-likeness (QED) is 0.258. The second-order valence-corrected chi connectivity index (χ2v) is 13.3. The van der Waals surface area contributed by atoms with Crippen LogP contribution in [0.1, 0.15) is 45.5 Å². The topological polar surface area (TPSA) is 153 Å². The third-order valence-electron chi connectivity index (χ3n) is 10.2. The largest absolute Gasteiger partial charge is 0.496 e. The van der Waals surface area contributed by atoms with Crippen LogP contribution in [0.4, 0.5) is 5.82 Å². The summed E-state index contributed by atoms with van der Waals surface area (Å²) in [5.74, 6) is 0.387. The molecule has 2 aromatic carbocycles. The van der Waals surface area contributed by atoms with Crippen LogP contribution in [0, 0.1) is 0 Å². The molecular formula is C37H36N6O8. The molecule has 6 heterocycles. The van der Waals surface area contributed by atoms with Crippen molar-refractivity contribution in [2.75, 3.05) is 45.3 Å². The first-order valence-electron chi connectivity index (χ1n) is 16.9. The van der Waals surface area contributed by atoms with Crippen LogP contribution in [0.5, 0.6) is 17.2 Å². The van der Waals surface area contributed by atoms with E-state index in [1.54, 1.807) is 50.2 Å². The number of nitrogens with zero attached hydrogens (tertiary/aromatic N) is 5. The zero-order chi connectivity index (χ0) is 35.6. The van der Waals surface area contributed by atoms with Crippen LogP contribution >= 0.6 is 0 Å². The fourth-order valence-corrected chi connectivity index (χ4v) is 7.26. The molecule has 14 nitrogen and oxygen atoms in total. The molecule has 3 fully saturated rings. The van der Waals surface area contributed by atoms with Gasteiger partial charge in [0.25, 0.3) is 17.4 Å². The summed E-state index contributed by atoms with van der Waals surface area (Å²) in [6.45, 7) is 3.60. The normalized spacial score (nSPS) is 19.2. The maximum absolute atomic E-state index is 13.2. The van der Waals surface area contributed by atoms with Crippen LogP contribution in [0.25, 0.3) is 21.9 Å². The fraction of sp³-hybridized carbons (Fsp3) is 0.351. The van der Waals surface area contributed by atoms with Gasteiger partial charge in [-0.15, -0.1) is 0 Å². The van der Waals surface area contributed by atoms with Crippen molar-refractivity contribution in [1.82, 2.24) is 24.7 Å². The monoisotopic (exact) mass is 692 g/mol. The van der Waals surface area contributed by atoms with E-state index in [1.165, 1.54) is 0 Å². The van der Waals surface area contributed by atoms with Crippen LogP contribution in [0.3, 0.4) is 0 Å². The average Bonchev–Trinajstić information content (AvgIpc) is 3.32. The van der Waals surface area contributed by atoms with Crippen molar-refractivity contribution < 1.29 is 33.4 Å². The lowest BCUT2D eigenvalue weighted by Gasteiger charge is -2.39. The highest BCUT2D eigenvalue weighted by molar-refractivity contribution is 6.23. The molecular weight excluding hydrogens is 656 g/mol. The summed E-state index contributed by atoms with van der Waals surface area (Å²) in [7, 11) is 4.97. The number of pyridine rings is 2. The number of methoxy groups -OCH3 is 2. The lowest BCUT2D eigenvalue weighted by molar-refractivity contribution is -0.136. The third-order valence-corrected chi connectivity index (χ3v) is 10.2. The molecule has 4 aliphatic heterocycles. The molecule has 0 radical (unpaired) electrons. The molecule has 4 aliphatic rings. The molecule has 14 heteroatoms. The van der Waals surface area contributed by atoms with Crippen molar-refractivity contribution in [3.8, 4) is 28.4 Å². The number of nitrogens with one attached hydrogen (secondary N) is 1. The number of carbonyl (C=O) groups excluding carboxylic acids is 4. The number of likely N-dealkylation sites (tertiary alicyclic amines) is 1. The van der Waals surface area contributed by atoms with Gasteiger partial charge in [-0.3, -0.25) is 39.1 Å². The van der Waals surface area contributed by atoms with E-state index in [9.17, 15) is 24.0 Å². The number of imide groups is 2. The molecule has 4 aromatic rings. The number of piperidine rings is 1. The van der Waals surface area contributed by atoms with Crippen molar-refractivity contribution in [2.24, 2.45) is 7.05 Å². The van der Waals surface area contributed by atoms with Gasteiger partial charge in [0, 0.05) is 69.5 Å². The van der Waals surface area contributed by atoms with E-state index >= 15 is 0 Å². The van der Waals surface area contributed by atoms with Gasteiger partial charge in [0.1, 0.15) is 35.2 Å². The van der Waals surface area contributed by atoms with Gasteiger partial charge < -0.3 is 23.7 Å². The van der Waals surface area contributed by atoms with Crippen molar-refractivity contribution in [1.29, 1.82) is 0 Å². The van der Waals surface area contributed by atoms with Crippen molar-refractivity contribution in [3.63, 3.8) is 0 Å². The van der Waals surface area contributed by atoms with E-state index < -0.39 is 29.7 Å². The Balaban J connectivity index is 0.981. The van der Waals surface area contributed by atoms with Gasteiger partial charge in [-0.05, 0) is 54.8 Å². The Hall–Kier alpha value is -5.76. The van der Waals surface area contributed by atoms with Crippen LogP contribution in [0.2, 0.25) is 0 Å². The minimum Gasteiger partial charge on any atom is -0.496 e. The highest BCUT2D eigenvalue weighted by atomic mass is 16.5. The van der Waals surface area contributed by atoms with Gasteiger partial charge in [-0.2, -0.15) is 0 Å². The van der Waals surface area contributed by atoms with E-state index in [2.05, 4.69) is 20.1 Å². The number of benzene rings is 2. The van der Waals surface area contributed by atoms with Gasteiger partial charge in [0.15, 0.2) is 0 Å². The summed E-state index contributed by atoms with van der Waals surface area (Å²) >= 11 is 0. The van der Waals surface area contributed by atoms with Crippen molar-refractivity contribution >= 4 is 40.2 Å². The Bertz CT molecular complexity index is 2180. The van der Waals surface area contributed by atoms with Crippen LogP contribution < -0.4 is 30.0 Å². The number of hydrogen-bond donors (Lipinski definition) is 1. The molecule has 1 unspecified atom stereocenters. The summed E-state index contributed by atoms with van der Waals surface area (Å²) in [5, 5.41) is 3.56. The molecule has 0 bridgehead atoms. The highest BCUT2D eigenvalue weighted by Gasteiger charge is 2.45. The minimum atomic E-state index is -1.02. The zero-order valence-electron chi connectivity index (χ0n) is 28.4. The predicted molar refractivity (Wildman–Crippen MR) is 185 cm³/mol. The standard InChI is InChI=1S/C37H36N6O8/c1-40-18-27(24-14-32(42-9-4-10-42)38-15-26(24)35(40)46)20-11-30(49-2)28(31(12-20)50-3)19-41-16-22(17-41)51-21-5-6-23-25(13-21)37(48)43(36(23)47)29-7-8-33(44)39-34(29)45/h5-6,11-15,18,22,29H,4,7-10,16-17,19H2,1-3H3,(H,39,44,45). The number of amides is 4. The number of hydrogen-bond acceptors (Lipinski definition) is 11. The van der Waals surface area contributed by atoms with Crippen LogP contribution in [-0.2, 0) is 23.2 Å². The molecule has 4 amide bonds. The van der Waals surface area contributed by atoms with Crippen LogP contribution in [0.15, 0.2) is 53.6 Å². The lowest BCUT2D eigenvalue weighted by atomic mass is 9.98. The molecule has 8 rings (SSSR count). The minimum absolute atomic E-state index is 0.0578. The second kappa shape index (κ2) is 12.5. The number of ether oxygens (including phenoxy) is 3. The molecule has 0 spiro atoms. The number of fused-ring (bicyclic) bond motifs is 2. The van der Waals surface area contributed by atoms with E-state index in [1.807, 2.05) is 24.4 Å². The SMILES string of the molecule is COc1cc(-c2cn(C)c(=O)c3cnc(N4CCC4)cc23)cc(OC)c1CN1CC(Oc2ccc3c(c2)C(=O)N(C2CCC(=O)NC2=O)C3=O)C1. The van der Waals surface area contributed by atoms with Gasteiger partial charge in [-0.25, -0.2) is 4.98 Å². The first-order chi connectivity index (χ1) is 24.6. The van der Waals surface area contributed by atoms with Gasteiger partial charge >= 0.3 is 0 Å². The molecule has 3 saturated heterocycles. The first kappa shape index (κ1) is 32.4. The number of aromatic nitrogens is 2. The van der Waals surface area contributed by atoms with E-state index in [4.69, 9.17) is 14.2 Å². The molecule has 1 N–H and O–H groups in total. The molecule has 0 aliphatic carbocycles. The Kier molecular flexibility index (Phi) is 7.97.